The highest BCUT2D eigenvalue weighted by molar-refractivity contribution is 5.67. The van der Waals surface area contributed by atoms with E-state index in [1.807, 2.05) is 0 Å². The third-order valence-electron chi connectivity index (χ3n) is 2.76. The van der Waals surface area contributed by atoms with E-state index in [1.165, 1.54) is 0 Å². The summed E-state index contributed by atoms with van der Waals surface area (Å²) < 4.78 is 32.0. The number of carbonyl (C=O) groups is 1. The van der Waals surface area contributed by atoms with E-state index in [1.54, 1.807) is 6.92 Å². The number of alkyl halides is 2. The van der Waals surface area contributed by atoms with Gasteiger partial charge in [0, 0.05) is 12.8 Å². The van der Waals surface area contributed by atoms with Crippen LogP contribution in [0.15, 0.2) is 0 Å². The molecule has 0 aromatic heterocycles. The van der Waals surface area contributed by atoms with Crippen LogP contribution >= 0.6 is 0 Å². The summed E-state index contributed by atoms with van der Waals surface area (Å²) in [5.41, 5.74) is -0.417. The van der Waals surface area contributed by atoms with E-state index >= 15 is 0 Å². The van der Waals surface area contributed by atoms with E-state index < -0.39 is 17.3 Å². The topological polar surface area (TPSA) is 37.3 Å². The first kappa shape index (κ1) is 8.91. The second-order valence-corrected chi connectivity index (χ2v) is 4.22. The Bertz CT molecular complexity index is 221. The Morgan fingerprint density at radius 2 is 2.00 bits per heavy atom. The second-order valence-electron chi connectivity index (χ2n) is 4.22. The lowest BCUT2D eigenvalue weighted by Gasteiger charge is -2.36. The molecule has 0 radical (unpaired) electrons. The first-order valence-electron chi connectivity index (χ1n) is 4.82. The van der Waals surface area contributed by atoms with Gasteiger partial charge in [-0.05, 0) is 18.3 Å². The zero-order valence-electron chi connectivity index (χ0n) is 8.61. The van der Waals surface area contributed by atoms with Gasteiger partial charge in [0.15, 0.2) is 0 Å². The monoisotopic (exact) mass is 193 g/mol. The molecule has 1 fully saturated rings. The third-order valence-corrected chi connectivity index (χ3v) is 2.76. The molecule has 0 spiro atoms. The number of rotatable bonds is 2. The van der Waals surface area contributed by atoms with Gasteiger partial charge in [-0.2, -0.15) is 0 Å². The Hall–Kier alpha value is -0.670. The minimum atomic E-state index is -2.58. The van der Waals surface area contributed by atoms with Crippen molar-refractivity contribution < 1.29 is 18.7 Å². The summed E-state index contributed by atoms with van der Waals surface area (Å²) in [6.07, 6.45) is 0.348. The van der Waals surface area contributed by atoms with Gasteiger partial charge in [0.25, 0.3) is 1.43 Å². The molecule has 2 nitrogen and oxygen atoms in total. The molecule has 0 aromatic carbocycles. The molecule has 1 saturated carbocycles. The number of carboxylic acids is 1. The number of carboxylic acid groups (broad SMARTS) is 1. The SMILES string of the molecule is [2H]OC(=O)CC1(C)CCC(F)(F)CC1. The zero-order valence-corrected chi connectivity index (χ0v) is 7.61. The van der Waals surface area contributed by atoms with Crippen LogP contribution in [0.1, 0.15) is 39.0 Å². The molecule has 0 amide bonds. The summed E-state index contributed by atoms with van der Waals surface area (Å²) >= 11 is 0. The minimum absolute atomic E-state index is 0.0621. The summed E-state index contributed by atoms with van der Waals surface area (Å²) in [5, 5.41) is 3.79. The van der Waals surface area contributed by atoms with E-state index in [0.29, 0.717) is 12.8 Å². The van der Waals surface area contributed by atoms with E-state index in [2.05, 4.69) is 5.11 Å². The summed E-state index contributed by atoms with van der Waals surface area (Å²) in [5.74, 6) is -3.22. The average molecular weight is 193 g/mol. The summed E-state index contributed by atoms with van der Waals surface area (Å²) in [6, 6.07) is 0. The molecule has 0 atom stereocenters. The Kier molecular flexibility index (Phi) is 2.22. The lowest BCUT2D eigenvalue weighted by atomic mass is 9.72. The molecule has 1 aliphatic rings. The van der Waals surface area contributed by atoms with Crippen LogP contribution in [0.2, 0.25) is 0 Å². The van der Waals surface area contributed by atoms with Gasteiger partial charge in [0.2, 0.25) is 5.92 Å². The van der Waals surface area contributed by atoms with Crippen molar-refractivity contribution in [1.29, 1.82) is 1.43 Å². The van der Waals surface area contributed by atoms with Gasteiger partial charge in [-0.3, -0.25) is 4.79 Å². The Balaban J connectivity index is 2.49. The smallest absolute Gasteiger partial charge is 0.303 e. The van der Waals surface area contributed by atoms with Crippen LogP contribution < -0.4 is 0 Å². The molecule has 13 heavy (non-hydrogen) atoms. The van der Waals surface area contributed by atoms with Gasteiger partial charge in [0.05, 0.1) is 6.42 Å². The van der Waals surface area contributed by atoms with Gasteiger partial charge in [-0.15, -0.1) is 0 Å². The lowest BCUT2D eigenvalue weighted by molar-refractivity contribution is -0.142. The quantitative estimate of drug-likeness (QED) is 0.732. The summed E-state index contributed by atoms with van der Waals surface area (Å²) in [4.78, 5) is 10.8. The van der Waals surface area contributed by atoms with Crippen LogP contribution in [-0.4, -0.2) is 17.0 Å². The molecule has 1 aliphatic carbocycles. The van der Waals surface area contributed by atoms with Crippen molar-refractivity contribution in [2.24, 2.45) is 5.41 Å². The van der Waals surface area contributed by atoms with Crippen LogP contribution in [0.4, 0.5) is 8.78 Å². The molecule has 76 valence electrons. The van der Waals surface area contributed by atoms with Crippen molar-refractivity contribution in [2.75, 3.05) is 0 Å². The number of aliphatic carboxylic acids is 1. The molecule has 4 heteroatoms. The molecular weight excluding hydrogens is 178 g/mol. The maximum absolute atomic E-state index is 12.8. The maximum Gasteiger partial charge on any atom is 0.303 e. The third kappa shape index (κ3) is 2.94. The fourth-order valence-corrected chi connectivity index (χ4v) is 1.74. The van der Waals surface area contributed by atoms with Gasteiger partial charge >= 0.3 is 5.97 Å². The van der Waals surface area contributed by atoms with Crippen molar-refractivity contribution in [2.45, 2.75) is 45.0 Å². The Morgan fingerprint density at radius 1 is 1.46 bits per heavy atom. The van der Waals surface area contributed by atoms with Gasteiger partial charge in [0.1, 0.15) is 0 Å². The van der Waals surface area contributed by atoms with Crippen molar-refractivity contribution in [3.63, 3.8) is 0 Å². The summed E-state index contributed by atoms with van der Waals surface area (Å²) in [7, 11) is 0. The van der Waals surface area contributed by atoms with Crippen molar-refractivity contribution >= 4 is 5.97 Å². The number of halogens is 2. The fraction of sp³-hybridized carbons (Fsp3) is 0.889. The minimum Gasteiger partial charge on any atom is -0.481 e. The predicted molar refractivity (Wildman–Crippen MR) is 43.8 cm³/mol. The largest absolute Gasteiger partial charge is 0.481 e. The Morgan fingerprint density at radius 3 is 2.46 bits per heavy atom. The van der Waals surface area contributed by atoms with Crippen LogP contribution in [-0.2, 0) is 4.79 Å². The van der Waals surface area contributed by atoms with Crippen molar-refractivity contribution in [1.82, 2.24) is 0 Å². The predicted octanol–water partition coefficient (Wildman–Crippen LogP) is 2.68. The molecule has 0 aromatic rings. The zero-order chi connectivity index (χ0) is 10.8. The second kappa shape index (κ2) is 3.24. The van der Waals surface area contributed by atoms with E-state index in [-0.39, 0.29) is 19.3 Å². The van der Waals surface area contributed by atoms with Crippen LogP contribution in [0.3, 0.4) is 0 Å². The normalized spacial score (nSPS) is 26.2. The molecular formula is C9H14F2O2. The number of hydrogen-bond donors (Lipinski definition) is 1. The van der Waals surface area contributed by atoms with E-state index in [0.717, 1.165) is 0 Å². The first-order chi connectivity index (χ1) is 6.37. The van der Waals surface area contributed by atoms with E-state index in [9.17, 15) is 13.6 Å². The molecule has 1 N–H and O–H groups in total. The first-order valence-corrected chi connectivity index (χ1v) is 4.41. The molecule has 0 unspecified atom stereocenters. The van der Waals surface area contributed by atoms with Gasteiger partial charge in [-0.25, -0.2) is 8.78 Å². The highest BCUT2D eigenvalue weighted by atomic mass is 19.3. The highest BCUT2D eigenvalue weighted by Crippen LogP contribution is 2.45. The van der Waals surface area contributed by atoms with Crippen LogP contribution in [0.5, 0.6) is 0 Å². The van der Waals surface area contributed by atoms with Crippen molar-refractivity contribution in [3.05, 3.63) is 0 Å². The summed E-state index contributed by atoms with van der Waals surface area (Å²) in [6.45, 7) is 1.79. The highest BCUT2D eigenvalue weighted by Gasteiger charge is 2.41. The molecule has 0 aliphatic heterocycles. The van der Waals surface area contributed by atoms with E-state index in [4.69, 9.17) is 1.43 Å². The molecule has 1 rings (SSSR count). The molecule has 0 heterocycles. The molecule has 0 bridgehead atoms. The average Bonchev–Trinajstić information content (AvgIpc) is 2.11. The maximum atomic E-state index is 12.8. The van der Waals surface area contributed by atoms with Crippen LogP contribution in [0.25, 0.3) is 1.43 Å². The standard InChI is InChI=1S/C9H14F2O2/c1-8(6-7(12)13)2-4-9(10,11)5-3-8/h2-6H2,1H3,(H,12,13)/i/hD. The molecule has 0 saturated heterocycles. The van der Waals surface area contributed by atoms with Crippen LogP contribution in [0, 0.1) is 5.41 Å². The lowest BCUT2D eigenvalue weighted by Crippen LogP contribution is -2.32. The number of hydrogen-bond acceptors (Lipinski definition) is 2. The fourth-order valence-electron chi connectivity index (χ4n) is 1.74. The Labute approximate surface area is 77.4 Å². The van der Waals surface area contributed by atoms with Crippen molar-refractivity contribution in [3.8, 4) is 0 Å². The van der Waals surface area contributed by atoms with Gasteiger partial charge in [-0.1, -0.05) is 6.92 Å². The van der Waals surface area contributed by atoms with Gasteiger partial charge < -0.3 is 5.11 Å².